The number of hydrogen-bond donors (Lipinski definition) is 1. The molecule has 0 bridgehead atoms. The summed E-state index contributed by atoms with van der Waals surface area (Å²) in [5.41, 5.74) is 2.08. The fraction of sp³-hybridized carbons (Fsp3) is 0.250. The summed E-state index contributed by atoms with van der Waals surface area (Å²) >= 11 is 6.16. The van der Waals surface area contributed by atoms with E-state index >= 15 is 0 Å². The molecule has 0 fully saturated rings. The predicted octanol–water partition coefficient (Wildman–Crippen LogP) is 4.61. The average Bonchev–Trinajstić information content (AvgIpc) is 3.24. The Morgan fingerprint density at radius 3 is 2.38 bits per heavy atom. The zero-order valence-electron chi connectivity index (χ0n) is 18.0. The number of aromatic nitrogens is 2. The predicted molar refractivity (Wildman–Crippen MR) is 122 cm³/mol. The standard InChI is InChI=1S/C24H24ClN3O4/c1-15(2)23(30)27-20-10-8-17(9-11-20)22(29)16(3)32-24(31)19-12-26-28(14-19)13-18-6-4-5-7-21(18)25/h4-12,14-16H,13H2,1-3H3,(H,27,30). The van der Waals surface area contributed by atoms with Crippen molar-refractivity contribution in [1.29, 1.82) is 0 Å². The first kappa shape index (κ1) is 23.2. The van der Waals surface area contributed by atoms with Crippen LogP contribution in [0.1, 0.15) is 47.1 Å². The minimum absolute atomic E-state index is 0.110. The largest absolute Gasteiger partial charge is 0.451 e. The lowest BCUT2D eigenvalue weighted by Gasteiger charge is -2.12. The second-order valence-corrected chi connectivity index (χ2v) is 8.06. The van der Waals surface area contributed by atoms with Crippen molar-refractivity contribution in [3.05, 3.63) is 82.6 Å². The van der Waals surface area contributed by atoms with Gasteiger partial charge in [0.1, 0.15) is 0 Å². The molecule has 0 saturated heterocycles. The van der Waals surface area contributed by atoms with Gasteiger partial charge in [0.15, 0.2) is 6.10 Å². The highest BCUT2D eigenvalue weighted by Crippen LogP contribution is 2.17. The van der Waals surface area contributed by atoms with E-state index in [0.717, 1.165) is 5.56 Å². The lowest BCUT2D eigenvalue weighted by atomic mass is 10.1. The van der Waals surface area contributed by atoms with E-state index in [1.165, 1.54) is 13.1 Å². The molecule has 0 aliphatic carbocycles. The van der Waals surface area contributed by atoms with E-state index in [9.17, 15) is 14.4 Å². The number of ether oxygens (including phenoxy) is 1. The third-order valence-electron chi connectivity index (χ3n) is 4.77. The Morgan fingerprint density at radius 2 is 1.72 bits per heavy atom. The molecule has 7 nitrogen and oxygen atoms in total. The molecule has 8 heteroatoms. The Kier molecular flexibility index (Phi) is 7.43. The number of ketones is 1. The van der Waals surface area contributed by atoms with Crippen LogP contribution in [0.2, 0.25) is 5.02 Å². The van der Waals surface area contributed by atoms with Crippen molar-refractivity contribution in [2.45, 2.75) is 33.4 Å². The van der Waals surface area contributed by atoms with E-state index in [1.54, 1.807) is 55.1 Å². The Hall–Kier alpha value is -3.45. The van der Waals surface area contributed by atoms with Gasteiger partial charge in [-0.25, -0.2) is 4.79 Å². The summed E-state index contributed by atoms with van der Waals surface area (Å²) in [7, 11) is 0. The highest BCUT2D eigenvalue weighted by Gasteiger charge is 2.21. The van der Waals surface area contributed by atoms with Crippen LogP contribution in [0, 0.1) is 5.92 Å². The normalized spacial score (nSPS) is 11.8. The summed E-state index contributed by atoms with van der Waals surface area (Å²) in [6, 6.07) is 13.8. The Bertz CT molecular complexity index is 1120. The molecule has 0 radical (unpaired) electrons. The molecule has 166 valence electrons. The van der Waals surface area contributed by atoms with Crippen LogP contribution >= 0.6 is 11.6 Å². The van der Waals surface area contributed by atoms with Crippen molar-refractivity contribution in [3.8, 4) is 0 Å². The van der Waals surface area contributed by atoms with Crippen molar-refractivity contribution >= 4 is 34.9 Å². The van der Waals surface area contributed by atoms with E-state index in [4.69, 9.17) is 16.3 Å². The fourth-order valence-electron chi connectivity index (χ4n) is 2.88. The maximum Gasteiger partial charge on any atom is 0.342 e. The van der Waals surface area contributed by atoms with E-state index in [2.05, 4.69) is 10.4 Å². The van der Waals surface area contributed by atoms with Gasteiger partial charge in [-0.2, -0.15) is 5.10 Å². The highest BCUT2D eigenvalue weighted by molar-refractivity contribution is 6.31. The van der Waals surface area contributed by atoms with Crippen LogP contribution in [0.4, 0.5) is 5.69 Å². The average molecular weight is 454 g/mol. The van der Waals surface area contributed by atoms with Gasteiger partial charge in [0, 0.05) is 28.4 Å². The third-order valence-corrected chi connectivity index (χ3v) is 5.14. The van der Waals surface area contributed by atoms with E-state index in [0.29, 0.717) is 22.8 Å². The molecule has 3 rings (SSSR count). The van der Waals surface area contributed by atoms with Gasteiger partial charge in [-0.15, -0.1) is 0 Å². The maximum absolute atomic E-state index is 12.6. The second kappa shape index (κ2) is 10.2. The molecule has 1 aromatic heterocycles. The van der Waals surface area contributed by atoms with E-state index in [1.807, 2.05) is 18.2 Å². The van der Waals surface area contributed by atoms with Gasteiger partial charge in [-0.3, -0.25) is 14.3 Å². The molecular weight excluding hydrogens is 430 g/mol. The summed E-state index contributed by atoms with van der Waals surface area (Å²) in [6.07, 6.45) is 1.96. The van der Waals surface area contributed by atoms with Crippen molar-refractivity contribution in [3.63, 3.8) is 0 Å². The van der Waals surface area contributed by atoms with Gasteiger partial charge in [0.25, 0.3) is 0 Å². The summed E-state index contributed by atoms with van der Waals surface area (Å²) in [5.74, 6) is -1.24. The molecule has 3 aromatic rings. The summed E-state index contributed by atoms with van der Waals surface area (Å²) in [5, 5.41) is 7.54. The number of hydrogen-bond acceptors (Lipinski definition) is 5. The van der Waals surface area contributed by atoms with Crippen LogP contribution < -0.4 is 5.32 Å². The third kappa shape index (κ3) is 5.82. The topological polar surface area (TPSA) is 90.3 Å². The number of nitrogens with one attached hydrogen (secondary N) is 1. The number of esters is 1. The van der Waals surface area contributed by atoms with Crippen LogP contribution in [0.15, 0.2) is 60.9 Å². The van der Waals surface area contributed by atoms with Crippen LogP contribution in [-0.4, -0.2) is 33.5 Å². The van der Waals surface area contributed by atoms with Crippen molar-refractivity contribution in [1.82, 2.24) is 9.78 Å². The minimum Gasteiger partial charge on any atom is -0.451 e. The smallest absolute Gasteiger partial charge is 0.342 e. The van der Waals surface area contributed by atoms with Gasteiger partial charge >= 0.3 is 5.97 Å². The first-order valence-corrected chi connectivity index (χ1v) is 10.5. The van der Waals surface area contributed by atoms with Gasteiger partial charge in [0.2, 0.25) is 11.7 Å². The quantitative estimate of drug-likeness (QED) is 0.397. The maximum atomic E-state index is 12.6. The minimum atomic E-state index is -0.981. The molecule has 0 spiro atoms. The number of carbonyl (C=O) groups excluding carboxylic acids is 3. The van der Waals surface area contributed by atoms with Crippen molar-refractivity contribution < 1.29 is 19.1 Å². The van der Waals surface area contributed by atoms with Crippen LogP contribution in [0.25, 0.3) is 0 Å². The number of carbonyl (C=O) groups is 3. The molecule has 2 aromatic carbocycles. The molecule has 1 heterocycles. The summed E-state index contributed by atoms with van der Waals surface area (Å²) < 4.78 is 6.91. The van der Waals surface area contributed by atoms with E-state index in [-0.39, 0.29) is 23.2 Å². The lowest BCUT2D eigenvalue weighted by Crippen LogP contribution is -2.24. The molecule has 0 aliphatic heterocycles. The van der Waals surface area contributed by atoms with Gasteiger partial charge in [-0.05, 0) is 42.8 Å². The monoisotopic (exact) mass is 453 g/mol. The number of amides is 1. The molecule has 1 atom stereocenters. The van der Waals surface area contributed by atoms with E-state index < -0.39 is 12.1 Å². The summed E-state index contributed by atoms with van der Waals surface area (Å²) in [6.45, 7) is 5.51. The van der Waals surface area contributed by atoms with Crippen molar-refractivity contribution in [2.24, 2.45) is 5.92 Å². The zero-order chi connectivity index (χ0) is 23.3. The van der Waals surface area contributed by atoms with Gasteiger partial charge in [-0.1, -0.05) is 43.6 Å². The Balaban J connectivity index is 1.59. The molecule has 1 amide bonds. The molecule has 0 aliphatic rings. The molecule has 0 saturated carbocycles. The van der Waals surface area contributed by atoms with Crippen LogP contribution in [-0.2, 0) is 16.1 Å². The van der Waals surface area contributed by atoms with Crippen LogP contribution in [0.3, 0.4) is 0 Å². The number of benzene rings is 2. The zero-order valence-corrected chi connectivity index (χ0v) is 18.8. The van der Waals surface area contributed by atoms with Gasteiger partial charge < -0.3 is 10.1 Å². The fourth-order valence-corrected chi connectivity index (χ4v) is 3.07. The molecule has 32 heavy (non-hydrogen) atoms. The number of rotatable bonds is 8. The number of nitrogens with zero attached hydrogens (tertiary/aromatic N) is 2. The number of Topliss-reactive ketones (excluding diaryl/α,β-unsaturated/α-hetero) is 1. The summed E-state index contributed by atoms with van der Waals surface area (Å²) in [4.78, 5) is 36.9. The number of anilines is 1. The van der Waals surface area contributed by atoms with Crippen molar-refractivity contribution in [2.75, 3.05) is 5.32 Å². The van der Waals surface area contributed by atoms with Crippen LogP contribution in [0.5, 0.6) is 0 Å². The van der Waals surface area contributed by atoms with Gasteiger partial charge in [0.05, 0.1) is 18.3 Å². The number of halogens is 1. The molecular formula is C24H24ClN3O4. The second-order valence-electron chi connectivity index (χ2n) is 7.65. The SMILES string of the molecule is CC(C)C(=O)Nc1ccc(C(=O)C(C)OC(=O)c2cnn(Cc3ccccc3Cl)c2)cc1. The molecule has 1 N–H and O–H groups in total. The Labute approximate surface area is 191 Å². The Morgan fingerprint density at radius 1 is 1.03 bits per heavy atom. The molecule has 1 unspecified atom stereocenters. The first-order valence-electron chi connectivity index (χ1n) is 10.2. The highest BCUT2D eigenvalue weighted by atomic mass is 35.5. The lowest BCUT2D eigenvalue weighted by molar-refractivity contribution is -0.118. The first-order chi connectivity index (χ1) is 15.2.